The van der Waals surface area contributed by atoms with Crippen molar-refractivity contribution in [3.05, 3.63) is 65.7 Å². The molecule has 2 aromatic rings. The third-order valence-electron chi connectivity index (χ3n) is 4.49. The number of amides is 2. The molecule has 0 aromatic heterocycles. The summed E-state index contributed by atoms with van der Waals surface area (Å²) >= 11 is 3.86. The molecule has 2 amide bonds. The number of benzene rings is 2. The number of esters is 1. The molecule has 2 aromatic carbocycles. The van der Waals surface area contributed by atoms with E-state index in [-0.39, 0.29) is 32.0 Å². The smallest absolute Gasteiger partial charge is 0.414 e. The monoisotopic (exact) mass is 477 g/mol. The van der Waals surface area contributed by atoms with Gasteiger partial charge in [0.1, 0.15) is 18.5 Å². The minimum Gasteiger partial charge on any atom is -0.491 e. The van der Waals surface area contributed by atoms with Gasteiger partial charge < -0.3 is 24.1 Å². The summed E-state index contributed by atoms with van der Waals surface area (Å²) in [5, 5.41) is 11.1. The second-order valence-corrected chi connectivity index (χ2v) is 7.04. The zero-order valence-corrected chi connectivity index (χ0v) is 19.0. The van der Waals surface area contributed by atoms with Gasteiger partial charge in [-0.05, 0) is 29.8 Å². The Morgan fingerprint density at radius 2 is 1.73 bits per heavy atom. The fraction of sp³-hybridized carbons (Fsp3) is 0.348. The molecule has 0 bridgehead atoms. The Hall–Kier alpha value is -3.08. The Morgan fingerprint density at radius 1 is 1.03 bits per heavy atom. The SMILES string of the molecule is CO[C@@H](CCOC(=O)CS)[C@@H](OC(=O)NC(=O)c1ccccc1)c1ccc(OCCO)cc1. The van der Waals surface area contributed by atoms with Crippen LogP contribution in [0.25, 0.3) is 0 Å². The van der Waals surface area contributed by atoms with E-state index in [0.29, 0.717) is 16.9 Å². The molecule has 0 fully saturated rings. The minimum absolute atomic E-state index is 0.0278. The number of ether oxygens (including phenoxy) is 4. The Labute approximate surface area is 197 Å². The summed E-state index contributed by atoms with van der Waals surface area (Å²) in [6, 6.07) is 14.9. The number of carbonyl (C=O) groups excluding carboxylic acids is 3. The van der Waals surface area contributed by atoms with Gasteiger partial charge in [-0.3, -0.25) is 14.9 Å². The first-order chi connectivity index (χ1) is 16.0. The van der Waals surface area contributed by atoms with Gasteiger partial charge in [0, 0.05) is 19.1 Å². The molecular formula is C23H27NO8S. The van der Waals surface area contributed by atoms with E-state index in [0.717, 1.165) is 0 Å². The van der Waals surface area contributed by atoms with Gasteiger partial charge >= 0.3 is 12.1 Å². The molecular weight excluding hydrogens is 450 g/mol. The number of hydrogen-bond acceptors (Lipinski definition) is 9. The molecule has 33 heavy (non-hydrogen) atoms. The molecule has 0 spiro atoms. The van der Waals surface area contributed by atoms with Gasteiger partial charge in [0.15, 0.2) is 6.10 Å². The third-order valence-corrected chi connectivity index (χ3v) is 4.75. The van der Waals surface area contributed by atoms with Gasteiger partial charge in [0.25, 0.3) is 5.91 Å². The van der Waals surface area contributed by atoms with Crippen molar-refractivity contribution in [1.29, 1.82) is 0 Å². The maximum Gasteiger partial charge on any atom is 0.414 e. The molecule has 10 heteroatoms. The second kappa shape index (κ2) is 14.1. The van der Waals surface area contributed by atoms with Crippen molar-refractivity contribution in [1.82, 2.24) is 5.32 Å². The molecule has 0 saturated heterocycles. The third kappa shape index (κ3) is 8.76. The van der Waals surface area contributed by atoms with Crippen molar-refractivity contribution in [2.24, 2.45) is 0 Å². The van der Waals surface area contributed by atoms with Gasteiger partial charge in [-0.25, -0.2) is 4.79 Å². The molecule has 178 valence electrons. The van der Waals surface area contributed by atoms with E-state index in [2.05, 4.69) is 17.9 Å². The first-order valence-corrected chi connectivity index (χ1v) is 10.8. The van der Waals surface area contributed by atoms with Crippen LogP contribution in [0, 0.1) is 0 Å². The largest absolute Gasteiger partial charge is 0.491 e. The Bertz CT molecular complexity index is 891. The van der Waals surface area contributed by atoms with Crippen molar-refractivity contribution in [3.63, 3.8) is 0 Å². The highest BCUT2D eigenvalue weighted by Gasteiger charge is 2.28. The fourth-order valence-electron chi connectivity index (χ4n) is 2.90. The Morgan fingerprint density at radius 3 is 2.33 bits per heavy atom. The van der Waals surface area contributed by atoms with E-state index in [1.165, 1.54) is 7.11 Å². The number of nitrogens with one attached hydrogen (secondary N) is 1. The number of aliphatic hydroxyl groups excluding tert-OH is 1. The van der Waals surface area contributed by atoms with E-state index in [4.69, 9.17) is 24.1 Å². The molecule has 0 radical (unpaired) electrons. The highest BCUT2D eigenvalue weighted by atomic mass is 32.1. The predicted molar refractivity (Wildman–Crippen MR) is 122 cm³/mol. The first kappa shape index (κ1) is 26.2. The van der Waals surface area contributed by atoms with Crippen LogP contribution in [0.1, 0.15) is 28.4 Å². The van der Waals surface area contributed by atoms with Gasteiger partial charge in [-0.1, -0.05) is 30.3 Å². The van der Waals surface area contributed by atoms with Crippen LogP contribution in [-0.4, -0.2) is 61.9 Å². The van der Waals surface area contributed by atoms with Gasteiger partial charge in [0.2, 0.25) is 0 Å². The standard InChI is InChI=1S/C23H27NO8S/c1-29-19(11-13-31-20(26)15-33)21(16-7-9-18(10-8-16)30-14-12-25)32-23(28)24-22(27)17-5-3-2-4-6-17/h2-10,19,21,25,33H,11-15H2,1H3,(H,24,27,28)/t19-,21-/m0/s1. The zero-order chi connectivity index (χ0) is 24.1. The number of aliphatic hydroxyl groups is 1. The van der Waals surface area contributed by atoms with Crippen LogP contribution >= 0.6 is 12.6 Å². The average molecular weight is 478 g/mol. The van der Waals surface area contributed by atoms with Crippen LogP contribution in [0.3, 0.4) is 0 Å². The van der Waals surface area contributed by atoms with Crippen molar-refractivity contribution in [3.8, 4) is 5.75 Å². The summed E-state index contributed by atoms with van der Waals surface area (Å²) in [7, 11) is 1.44. The Kier molecular flexibility index (Phi) is 11.2. The molecule has 2 N–H and O–H groups in total. The number of methoxy groups -OCH3 is 1. The van der Waals surface area contributed by atoms with Gasteiger partial charge in [-0.2, -0.15) is 12.6 Å². The number of alkyl carbamates (subject to hydrolysis) is 1. The number of thiol groups is 1. The summed E-state index contributed by atoms with van der Waals surface area (Å²) in [6.45, 7) is 0.0420. The predicted octanol–water partition coefficient (Wildman–Crippen LogP) is 2.54. The summed E-state index contributed by atoms with van der Waals surface area (Å²) in [6.07, 6.45) is -2.33. The number of imide groups is 1. The quantitative estimate of drug-likeness (QED) is 0.315. The lowest BCUT2D eigenvalue weighted by Gasteiger charge is -2.26. The number of hydrogen-bond donors (Lipinski definition) is 3. The molecule has 0 aliphatic carbocycles. The van der Waals surface area contributed by atoms with Crippen LogP contribution in [0.2, 0.25) is 0 Å². The molecule has 2 atom stereocenters. The second-order valence-electron chi connectivity index (χ2n) is 6.73. The van der Waals surface area contributed by atoms with E-state index < -0.39 is 30.2 Å². The lowest BCUT2D eigenvalue weighted by molar-refractivity contribution is -0.141. The van der Waals surface area contributed by atoms with E-state index in [1.807, 2.05) is 0 Å². The molecule has 0 heterocycles. The van der Waals surface area contributed by atoms with Crippen LogP contribution in [0.4, 0.5) is 4.79 Å². The molecule has 0 saturated carbocycles. The summed E-state index contributed by atoms with van der Waals surface area (Å²) < 4.78 is 21.5. The normalized spacial score (nSPS) is 12.3. The van der Waals surface area contributed by atoms with Gasteiger partial charge in [0.05, 0.1) is 19.0 Å². The molecule has 0 aliphatic heterocycles. The van der Waals surface area contributed by atoms with Crippen molar-refractivity contribution in [2.45, 2.75) is 18.6 Å². The van der Waals surface area contributed by atoms with Crippen LogP contribution in [0.5, 0.6) is 5.75 Å². The Balaban J connectivity index is 2.15. The fourth-order valence-corrected chi connectivity index (χ4v) is 2.99. The average Bonchev–Trinajstić information content (AvgIpc) is 2.85. The lowest BCUT2D eigenvalue weighted by Crippen LogP contribution is -2.35. The lowest BCUT2D eigenvalue weighted by atomic mass is 10.0. The van der Waals surface area contributed by atoms with Crippen LogP contribution in [-0.2, 0) is 19.0 Å². The highest BCUT2D eigenvalue weighted by molar-refractivity contribution is 7.81. The van der Waals surface area contributed by atoms with E-state index >= 15 is 0 Å². The molecule has 0 aliphatic rings. The van der Waals surface area contributed by atoms with Crippen molar-refractivity contribution >= 4 is 30.6 Å². The maximum absolute atomic E-state index is 12.5. The molecule has 9 nitrogen and oxygen atoms in total. The topological polar surface area (TPSA) is 120 Å². The van der Waals surface area contributed by atoms with E-state index in [1.54, 1.807) is 54.6 Å². The van der Waals surface area contributed by atoms with Crippen molar-refractivity contribution in [2.75, 3.05) is 32.7 Å². The maximum atomic E-state index is 12.5. The molecule has 2 rings (SSSR count). The molecule has 0 unspecified atom stereocenters. The number of rotatable bonds is 12. The van der Waals surface area contributed by atoms with Crippen LogP contribution in [0.15, 0.2) is 54.6 Å². The minimum atomic E-state index is -0.955. The zero-order valence-electron chi connectivity index (χ0n) is 18.1. The summed E-state index contributed by atoms with van der Waals surface area (Å²) in [5.74, 6) is -0.630. The van der Waals surface area contributed by atoms with Gasteiger partial charge in [-0.15, -0.1) is 0 Å². The van der Waals surface area contributed by atoms with Crippen molar-refractivity contribution < 1.29 is 38.4 Å². The van der Waals surface area contributed by atoms with E-state index in [9.17, 15) is 14.4 Å². The summed E-state index contributed by atoms with van der Waals surface area (Å²) in [4.78, 5) is 36.2. The van der Waals surface area contributed by atoms with Crippen LogP contribution < -0.4 is 10.1 Å². The number of carbonyl (C=O) groups is 3. The first-order valence-electron chi connectivity index (χ1n) is 10.2. The highest BCUT2D eigenvalue weighted by Crippen LogP contribution is 2.27. The summed E-state index contributed by atoms with van der Waals surface area (Å²) in [5.41, 5.74) is 0.874.